The van der Waals surface area contributed by atoms with Crippen LogP contribution in [-0.4, -0.2) is 77.3 Å². The Morgan fingerprint density at radius 1 is 1.19 bits per heavy atom. The number of aliphatic imine (C=N–C) groups is 1. The summed E-state index contributed by atoms with van der Waals surface area (Å²) in [5.41, 5.74) is 0.637. The van der Waals surface area contributed by atoms with Gasteiger partial charge in [0.15, 0.2) is 5.96 Å². The van der Waals surface area contributed by atoms with E-state index in [0.717, 1.165) is 43.1 Å². The smallest absolute Gasteiger partial charge is 0.251 e. The van der Waals surface area contributed by atoms with Gasteiger partial charge in [-0.05, 0) is 31.7 Å². The molecule has 9 heteroatoms. The predicted octanol–water partition coefficient (Wildman–Crippen LogP) is 1.93. The number of nitrogens with zero attached hydrogens (tertiary/aromatic N) is 2. The average Bonchev–Trinajstić information content (AvgIpc) is 2.63. The lowest BCUT2D eigenvalue weighted by molar-refractivity contribution is 0.0954. The second kappa shape index (κ2) is 16.1. The molecule has 1 amide bonds. The molecule has 0 aromatic heterocycles. The van der Waals surface area contributed by atoms with Gasteiger partial charge >= 0.3 is 0 Å². The molecule has 0 radical (unpaired) electrons. The second-order valence-electron chi connectivity index (χ2n) is 5.84. The van der Waals surface area contributed by atoms with Crippen LogP contribution in [0, 0.1) is 0 Å². The first-order valence-electron chi connectivity index (χ1n) is 8.72. The van der Waals surface area contributed by atoms with Gasteiger partial charge in [0.25, 0.3) is 5.91 Å². The fourth-order valence-corrected chi connectivity index (χ4v) is 2.66. The molecule has 1 aromatic carbocycles. The van der Waals surface area contributed by atoms with Crippen molar-refractivity contribution in [1.82, 2.24) is 20.9 Å². The summed E-state index contributed by atoms with van der Waals surface area (Å²) in [6.45, 7) is 4.62. The Hall–Kier alpha value is -0.910. The fraction of sp³-hybridized carbons (Fsp3) is 0.556. The number of benzene rings is 1. The van der Waals surface area contributed by atoms with Gasteiger partial charge in [0.2, 0.25) is 0 Å². The van der Waals surface area contributed by atoms with Crippen LogP contribution in [0.15, 0.2) is 33.7 Å². The minimum atomic E-state index is -0.0891. The van der Waals surface area contributed by atoms with Crippen LogP contribution in [0.5, 0.6) is 0 Å². The van der Waals surface area contributed by atoms with E-state index < -0.39 is 0 Å². The molecule has 0 aliphatic rings. The summed E-state index contributed by atoms with van der Waals surface area (Å²) < 4.78 is 5.94. The number of hydrogen-bond donors (Lipinski definition) is 3. The van der Waals surface area contributed by atoms with Gasteiger partial charge in [0, 0.05) is 63.5 Å². The number of hydrogen-bond acceptors (Lipinski definition) is 4. The summed E-state index contributed by atoms with van der Waals surface area (Å²) >= 11 is 3.37. The number of carbonyl (C=O) groups is 1. The van der Waals surface area contributed by atoms with Crippen LogP contribution in [-0.2, 0) is 4.74 Å². The third-order valence-corrected chi connectivity index (χ3v) is 4.18. The fourth-order valence-electron chi connectivity index (χ4n) is 2.27. The largest absolute Gasteiger partial charge is 0.385 e. The molecule has 3 N–H and O–H groups in total. The van der Waals surface area contributed by atoms with Gasteiger partial charge in [-0.3, -0.25) is 9.79 Å². The van der Waals surface area contributed by atoms with Crippen molar-refractivity contribution < 1.29 is 9.53 Å². The van der Waals surface area contributed by atoms with Gasteiger partial charge in [-0.15, -0.1) is 24.0 Å². The van der Waals surface area contributed by atoms with Crippen molar-refractivity contribution in [2.45, 2.75) is 6.42 Å². The van der Waals surface area contributed by atoms with Gasteiger partial charge in [0.05, 0.1) is 0 Å². The Morgan fingerprint density at radius 2 is 1.89 bits per heavy atom. The molecule has 0 fully saturated rings. The van der Waals surface area contributed by atoms with E-state index in [1.807, 2.05) is 12.1 Å². The van der Waals surface area contributed by atoms with E-state index in [2.05, 4.69) is 48.8 Å². The maximum Gasteiger partial charge on any atom is 0.251 e. The highest BCUT2D eigenvalue weighted by Crippen LogP contribution is 2.11. The molecule has 0 aliphatic heterocycles. The molecule has 0 atom stereocenters. The van der Waals surface area contributed by atoms with Crippen LogP contribution in [0.25, 0.3) is 0 Å². The number of rotatable bonds is 11. The van der Waals surface area contributed by atoms with Gasteiger partial charge in [-0.25, -0.2) is 0 Å². The van der Waals surface area contributed by atoms with Crippen LogP contribution in [0.4, 0.5) is 0 Å². The summed E-state index contributed by atoms with van der Waals surface area (Å²) in [4.78, 5) is 18.5. The molecule has 27 heavy (non-hydrogen) atoms. The monoisotopic (exact) mass is 555 g/mol. The van der Waals surface area contributed by atoms with Crippen molar-refractivity contribution in [2.24, 2.45) is 4.99 Å². The molecule has 0 unspecified atom stereocenters. The normalized spacial score (nSPS) is 11.1. The Balaban J connectivity index is 0.00000676. The first-order valence-corrected chi connectivity index (χ1v) is 9.52. The minimum absolute atomic E-state index is 0. The Morgan fingerprint density at radius 3 is 2.56 bits per heavy atom. The van der Waals surface area contributed by atoms with Gasteiger partial charge in [-0.1, -0.05) is 22.0 Å². The molecule has 0 saturated carbocycles. The second-order valence-corrected chi connectivity index (χ2v) is 6.76. The Labute approximate surface area is 187 Å². The summed E-state index contributed by atoms with van der Waals surface area (Å²) in [7, 11) is 5.54. The maximum atomic E-state index is 12.0. The minimum Gasteiger partial charge on any atom is -0.385 e. The topological polar surface area (TPSA) is 78.0 Å². The average molecular weight is 556 g/mol. The molecule has 1 aromatic rings. The number of likely N-dealkylation sites (N-methyl/N-ethyl adjacent to an activating group) is 1. The standard InChI is InChI=1S/C18H30BrN5O2.HI/c1-20-18(23-10-12-24(2)11-5-13-26-3)22-9-8-21-17(25)15-6-4-7-16(19)14-15;/h4,6-7,14H,5,8-13H2,1-3H3,(H,21,25)(H2,20,22,23);1H. The number of guanidine groups is 1. The molecule has 0 saturated heterocycles. The van der Waals surface area contributed by atoms with Crippen molar-refractivity contribution in [2.75, 3.05) is 60.5 Å². The van der Waals surface area contributed by atoms with E-state index in [0.29, 0.717) is 18.7 Å². The zero-order valence-electron chi connectivity index (χ0n) is 16.3. The van der Waals surface area contributed by atoms with Gasteiger partial charge < -0.3 is 25.6 Å². The lowest BCUT2D eigenvalue weighted by Crippen LogP contribution is -2.43. The zero-order chi connectivity index (χ0) is 19.2. The maximum absolute atomic E-state index is 12.0. The SMILES string of the molecule is CN=C(NCCNC(=O)c1cccc(Br)c1)NCCN(C)CCCOC.I. The van der Waals surface area contributed by atoms with Crippen LogP contribution in [0.1, 0.15) is 16.8 Å². The van der Waals surface area contributed by atoms with Crippen molar-refractivity contribution in [3.8, 4) is 0 Å². The first-order chi connectivity index (χ1) is 12.6. The Bertz CT molecular complexity index is 574. The third-order valence-electron chi connectivity index (χ3n) is 3.69. The predicted molar refractivity (Wildman–Crippen MR) is 125 cm³/mol. The lowest BCUT2D eigenvalue weighted by atomic mass is 10.2. The van der Waals surface area contributed by atoms with E-state index >= 15 is 0 Å². The van der Waals surface area contributed by atoms with Crippen molar-refractivity contribution in [1.29, 1.82) is 0 Å². The highest BCUT2D eigenvalue weighted by atomic mass is 127. The number of nitrogens with one attached hydrogen (secondary N) is 3. The number of amides is 1. The zero-order valence-corrected chi connectivity index (χ0v) is 20.2. The summed E-state index contributed by atoms with van der Waals surface area (Å²) in [5, 5.41) is 9.34. The van der Waals surface area contributed by atoms with Gasteiger partial charge in [0.1, 0.15) is 0 Å². The summed E-state index contributed by atoms with van der Waals surface area (Å²) in [6.07, 6.45) is 1.03. The Kier molecular flexibility index (Phi) is 15.5. The van der Waals surface area contributed by atoms with E-state index in [-0.39, 0.29) is 29.9 Å². The molecular weight excluding hydrogens is 525 g/mol. The van der Waals surface area contributed by atoms with Crippen LogP contribution in [0.2, 0.25) is 0 Å². The van der Waals surface area contributed by atoms with Crippen molar-refractivity contribution in [3.63, 3.8) is 0 Å². The van der Waals surface area contributed by atoms with Crippen molar-refractivity contribution >= 4 is 51.8 Å². The van der Waals surface area contributed by atoms with Crippen molar-refractivity contribution in [3.05, 3.63) is 34.3 Å². The van der Waals surface area contributed by atoms with Crippen LogP contribution < -0.4 is 16.0 Å². The molecule has 0 spiro atoms. The molecule has 154 valence electrons. The van der Waals surface area contributed by atoms with E-state index in [1.54, 1.807) is 26.3 Å². The highest BCUT2D eigenvalue weighted by molar-refractivity contribution is 14.0. The third kappa shape index (κ3) is 12.2. The van der Waals surface area contributed by atoms with Crippen LogP contribution >= 0.6 is 39.9 Å². The number of carbonyl (C=O) groups excluding carboxylic acids is 1. The van der Waals surface area contributed by atoms with E-state index in [1.165, 1.54) is 0 Å². The molecule has 7 nitrogen and oxygen atoms in total. The van der Waals surface area contributed by atoms with E-state index in [9.17, 15) is 4.79 Å². The summed E-state index contributed by atoms with van der Waals surface area (Å²) in [5.74, 6) is 0.640. The molecule has 1 rings (SSSR count). The summed E-state index contributed by atoms with van der Waals surface area (Å²) in [6, 6.07) is 7.32. The molecule has 0 heterocycles. The number of methoxy groups -OCH3 is 1. The molecule has 0 aliphatic carbocycles. The van der Waals surface area contributed by atoms with Gasteiger partial charge in [-0.2, -0.15) is 0 Å². The van der Waals surface area contributed by atoms with Crippen LogP contribution in [0.3, 0.4) is 0 Å². The van der Waals surface area contributed by atoms with E-state index in [4.69, 9.17) is 4.74 Å². The number of halogens is 2. The molecular formula is C18H31BrIN5O2. The first kappa shape index (κ1) is 26.1. The number of ether oxygens (including phenoxy) is 1. The highest BCUT2D eigenvalue weighted by Gasteiger charge is 2.05. The lowest BCUT2D eigenvalue weighted by Gasteiger charge is -2.18. The molecule has 0 bridgehead atoms. The quantitative estimate of drug-likeness (QED) is 0.168.